The third kappa shape index (κ3) is 5.76. The zero-order chi connectivity index (χ0) is 28.1. The minimum absolute atomic E-state index is 0.147. The van der Waals surface area contributed by atoms with Gasteiger partial charge < -0.3 is 10.2 Å². The molecule has 1 heterocycles. The first kappa shape index (κ1) is 27.1. The number of carbonyl (C=O) groups excluding carboxylic acids is 3. The minimum atomic E-state index is -0.732. The van der Waals surface area contributed by atoms with Gasteiger partial charge in [0.2, 0.25) is 11.8 Å². The number of carbonyl (C=O) groups is 3. The summed E-state index contributed by atoms with van der Waals surface area (Å²) in [6, 6.07) is 28.4. The Morgan fingerprint density at radius 3 is 2.33 bits per heavy atom. The van der Waals surface area contributed by atoms with Crippen LogP contribution in [0.15, 0.2) is 91.0 Å². The topological polar surface area (TPSA) is 69.7 Å². The number of aryl methyl sites for hydroxylation is 1. The van der Waals surface area contributed by atoms with Crippen molar-refractivity contribution in [2.75, 3.05) is 18.0 Å². The number of unbranched alkanes of at least 4 members (excludes halogenated alkanes) is 1. The molecule has 0 spiro atoms. The van der Waals surface area contributed by atoms with Gasteiger partial charge in [0.1, 0.15) is 12.6 Å². The number of benzene rings is 4. The number of nitrogens with zero attached hydrogens (tertiary/aromatic N) is 2. The second-order valence-electron chi connectivity index (χ2n) is 10.4. The van der Waals surface area contributed by atoms with Crippen LogP contribution in [0.4, 0.5) is 5.69 Å². The van der Waals surface area contributed by atoms with Gasteiger partial charge in [-0.05, 0) is 42.0 Å². The first-order valence-corrected chi connectivity index (χ1v) is 14.0. The van der Waals surface area contributed by atoms with E-state index in [0.29, 0.717) is 18.5 Å². The molecule has 6 nitrogen and oxygen atoms in total. The number of hydrogen-bond donors (Lipinski definition) is 1. The Morgan fingerprint density at radius 1 is 0.875 bits per heavy atom. The van der Waals surface area contributed by atoms with E-state index in [1.165, 1.54) is 0 Å². The highest BCUT2D eigenvalue weighted by atomic mass is 16.2. The van der Waals surface area contributed by atoms with Gasteiger partial charge in [0.15, 0.2) is 0 Å². The summed E-state index contributed by atoms with van der Waals surface area (Å²) >= 11 is 0. The Hall–Kier alpha value is -4.45. The molecular weight excluding hydrogens is 498 g/mol. The van der Waals surface area contributed by atoms with Crippen molar-refractivity contribution in [3.8, 4) is 0 Å². The number of hydrogen-bond acceptors (Lipinski definition) is 3. The summed E-state index contributed by atoms with van der Waals surface area (Å²) in [5.74, 6) is -0.649. The predicted octanol–water partition coefficient (Wildman–Crippen LogP) is 5.66. The van der Waals surface area contributed by atoms with Gasteiger partial charge in [-0.2, -0.15) is 0 Å². The summed E-state index contributed by atoms with van der Waals surface area (Å²) in [4.78, 5) is 44.5. The molecule has 1 N–H and O–H groups in total. The molecule has 1 unspecified atom stereocenters. The molecule has 1 aliphatic rings. The van der Waals surface area contributed by atoms with Crippen molar-refractivity contribution in [1.82, 2.24) is 10.2 Å². The summed E-state index contributed by atoms with van der Waals surface area (Å²) in [5.41, 5.74) is 4.34. The summed E-state index contributed by atoms with van der Waals surface area (Å²) < 4.78 is 0. The molecule has 5 rings (SSSR count). The van der Waals surface area contributed by atoms with Gasteiger partial charge in [-0.15, -0.1) is 0 Å². The third-order valence-corrected chi connectivity index (χ3v) is 7.52. The fraction of sp³-hybridized carbons (Fsp3) is 0.265. The van der Waals surface area contributed by atoms with E-state index in [1.54, 1.807) is 9.80 Å². The molecule has 0 saturated heterocycles. The lowest BCUT2D eigenvalue weighted by Crippen LogP contribution is -2.53. The Labute approximate surface area is 235 Å². The lowest BCUT2D eigenvalue weighted by Gasteiger charge is -2.33. The van der Waals surface area contributed by atoms with Crippen LogP contribution in [0.5, 0.6) is 0 Å². The van der Waals surface area contributed by atoms with Crippen molar-refractivity contribution < 1.29 is 14.4 Å². The van der Waals surface area contributed by atoms with Gasteiger partial charge in [-0.25, -0.2) is 0 Å². The lowest BCUT2D eigenvalue weighted by molar-refractivity contribution is -0.140. The smallest absolute Gasteiger partial charge is 0.259 e. The standard InChI is InChI=1S/C34H35N3O3/c1-3-4-20-35-33(39)30(21-25-10-6-5-7-11-25)36(22-26-18-16-24(2)17-19-26)31(38)23-37-29-15-9-13-27-12-8-14-28(32(27)29)34(37)40/h5-19,30H,3-4,20-23H2,1-2H3,(H,35,39). The van der Waals surface area contributed by atoms with Crippen LogP contribution in [-0.4, -0.2) is 41.8 Å². The molecule has 1 aliphatic heterocycles. The lowest BCUT2D eigenvalue weighted by atomic mass is 10.0. The van der Waals surface area contributed by atoms with E-state index in [4.69, 9.17) is 0 Å². The number of amides is 3. The highest BCUT2D eigenvalue weighted by Crippen LogP contribution is 2.37. The zero-order valence-corrected chi connectivity index (χ0v) is 23.1. The molecule has 0 radical (unpaired) electrons. The molecule has 40 heavy (non-hydrogen) atoms. The van der Waals surface area contributed by atoms with Crippen molar-refractivity contribution in [1.29, 1.82) is 0 Å². The molecule has 204 valence electrons. The largest absolute Gasteiger partial charge is 0.354 e. The van der Waals surface area contributed by atoms with E-state index in [2.05, 4.69) is 12.2 Å². The van der Waals surface area contributed by atoms with Gasteiger partial charge in [0, 0.05) is 30.5 Å². The van der Waals surface area contributed by atoms with Crippen molar-refractivity contribution in [3.63, 3.8) is 0 Å². The van der Waals surface area contributed by atoms with Crippen molar-refractivity contribution >= 4 is 34.2 Å². The zero-order valence-electron chi connectivity index (χ0n) is 23.1. The van der Waals surface area contributed by atoms with Gasteiger partial charge in [-0.3, -0.25) is 19.3 Å². The maximum absolute atomic E-state index is 14.2. The summed E-state index contributed by atoms with van der Waals surface area (Å²) in [6.07, 6.45) is 2.19. The Bertz CT molecular complexity index is 1510. The molecule has 0 bridgehead atoms. The van der Waals surface area contributed by atoms with Crippen LogP contribution in [0, 0.1) is 6.92 Å². The van der Waals surface area contributed by atoms with Crippen LogP contribution in [0.3, 0.4) is 0 Å². The molecule has 3 amide bonds. The normalized spacial score (nSPS) is 12.9. The highest BCUT2D eigenvalue weighted by molar-refractivity contribution is 6.26. The van der Waals surface area contributed by atoms with E-state index in [0.717, 1.165) is 46.0 Å². The quantitative estimate of drug-likeness (QED) is 0.253. The second kappa shape index (κ2) is 12.2. The maximum Gasteiger partial charge on any atom is 0.259 e. The predicted molar refractivity (Wildman–Crippen MR) is 159 cm³/mol. The van der Waals surface area contributed by atoms with Gasteiger partial charge in [-0.1, -0.05) is 97.8 Å². The molecule has 4 aromatic rings. The SMILES string of the molecule is CCCCNC(=O)C(Cc1ccccc1)N(Cc1ccc(C)cc1)C(=O)CN1C(=O)c2cccc3cccc1c23. The molecule has 1 atom stereocenters. The van der Waals surface area contributed by atoms with Crippen molar-refractivity contribution in [2.45, 2.75) is 45.7 Å². The average molecular weight is 534 g/mol. The number of nitrogens with one attached hydrogen (secondary N) is 1. The first-order chi connectivity index (χ1) is 19.5. The first-order valence-electron chi connectivity index (χ1n) is 14.0. The van der Waals surface area contributed by atoms with Crippen molar-refractivity contribution in [2.24, 2.45) is 0 Å². The van der Waals surface area contributed by atoms with E-state index < -0.39 is 6.04 Å². The van der Waals surface area contributed by atoms with Crippen LogP contribution in [-0.2, 0) is 22.6 Å². The van der Waals surface area contributed by atoms with Crippen LogP contribution >= 0.6 is 0 Å². The van der Waals surface area contributed by atoms with E-state index in [-0.39, 0.29) is 30.8 Å². The summed E-state index contributed by atoms with van der Waals surface area (Å²) in [6.45, 7) is 4.76. The van der Waals surface area contributed by atoms with Gasteiger partial charge in [0.05, 0.1) is 5.69 Å². The van der Waals surface area contributed by atoms with E-state index in [1.807, 2.05) is 97.9 Å². The van der Waals surface area contributed by atoms with Crippen LogP contribution < -0.4 is 10.2 Å². The number of rotatable bonds is 11. The van der Waals surface area contributed by atoms with Crippen molar-refractivity contribution in [3.05, 3.63) is 113 Å². The van der Waals surface area contributed by atoms with Gasteiger partial charge in [0.25, 0.3) is 5.91 Å². The van der Waals surface area contributed by atoms with Crippen LogP contribution in [0.1, 0.15) is 46.8 Å². The molecule has 4 aromatic carbocycles. The second-order valence-corrected chi connectivity index (χ2v) is 10.4. The summed E-state index contributed by atoms with van der Waals surface area (Å²) in [5, 5.41) is 4.88. The minimum Gasteiger partial charge on any atom is -0.354 e. The average Bonchev–Trinajstić information content (AvgIpc) is 3.24. The monoisotopic (exact) mass is 533 g/mol. The van der Waals surface area contributed by atoms with Gasteiger partial charge >= 0.3 is 0 Å². The molecule has 0 aromatic heterocycles. The Morgan fingerprint density at radius 2 is 1.60 bits per heavy atom. The molecular formula is C34H35N3O3. The van der Waals surface area contributed by atoms with Crippen LogP contribution in [0.2, 0.25) is 0 Å². The Kier molecular flexibility index (Phi) is 8.25. The fourth-order valence-electron chi connectivity index (χ4n) is 5.31. The molecule has 0 fully saturated rings. The highest BCUT2D eigenvalue weighted by Gasteiger charge is 2.35. The third-order valence-electron chi connectivity index (χ3n) is 7.52. The molecule has 0 saturated carbocycles. The fourth-order valence-corrected chi connectivity index (χ4v) is 5.31. The van der Waals surface area contributed by atoms with E-state index >= 15 is 0 Å². The van der Waals surface area contributed by atoms with Crippen LogP contribution in [0.25, 0.3) is 10.8 Å². The molecule has 0 aliphatic carbocycles. The maximum atomic E-state index is 14.2. The summed E-state index contributed by atoms with van der Waals surface area (Å²) in [7, 11) is 0. The Balaban J connectivity index is 1.49. The number of anilines is 1. The molecule has 6 heteroatoms. The van der Waals surface area contributed by atoms with E-state index in [9.17, 15) is 14.4 Å².